The molecule has 0 aliphatic carbocycles. The summed E-state index contributed by atoms with van der Waals surface area (Å²) in [6.07, 6.45) is 0. The molecule has 1 rings (SSSR count). The van der Waals surface area contributed by atoms with E-state index in [-0.39, 0.29) is 5.30 Å². The molecule has 2 unspecified atom stereocenters. The molecule has 82 valence electrons. The fourth-order valence-electron chi connectivity index (χ4n) is 1.13. The van der Waals surface area contributed by atoms with E-state index in [1.807, 2.05) is 6.92 Å². The monoisotopic (exact) mass is 228 g/mol. The Morgan fingerprint density at radius 3 is 2.20 bits per heavy atom. The van der Waals surface area contributed by atoms with Gasteiger partial charge in [-0.1, -0.05) is 17.7 Å². The summed E-state index contributed by atoms with van der Waals surface area (Å²) in [7, 11) is -3.81. The fourth-order valence-corrected chi connectivity index (χ4v) is 2.45. The zero-order valence-electron chi connectivity index (χ0n) is 8.54. The van der Waals surface area contributed by atoms with Gasteiger partial charge in [0.05, 0.1) is 0 Å². The van der Waals surface area contributed by atoms with Crippen LogP contribution >= 0.6 is 7.37 Å². The number of aryl methyl sites for hydroxylation is 1. The maximum atomic E-state index is 11.8. The quantitative estimate of drug-likeness (QED) is 0.766. The summed E-state index contributed by atoms with van der Waals surface area (Å²) in [5, 5.41) is 8.88. The second-order valence-corrected chi connectivity index (χ2v) is 6.01. The highest BCUT2D eigenvalue weighted by atomic mass is 31.2. The van der Waals surface area contributed by atoms with Crippen LogP contribution in [0.2, 0.25) is 0 Å². The van der Waals surface area contributed by atoms with Crippen molar-refractivity contribution in [3.8, 4) is 0 Å². The van der Waals surface area contributed by atoms with Gasteiger partial charge in [0.2, 0.25) is 7.37 Å². The highest BCUT2D eigenvalue weighted by Crippen LogP contribution is 2.44. The molecule has 5 heteroatoms. The first-order valence-electron chi connectivity index (χ1n) is 4.48. The first-order chi connectivity index (χ1) is 6.85. The molecule has 0 fully saturated rings. The molecule has 0 spiro atoms. The molecule has 0 bridgehead atoms. The van der Waals surface area contributed by atoms with Crippen molar-refractivity contribution in [3.63, 3.8) is 0 Å². The van der Waals surface area contributed by atoms with Gasteiger partial charge in [-0.2, -0.15) is 0 Å². The SMILES string of the molecule is Cc1ccc(P(=O)(O)C(C)C(=O)O)cc1. The molecule has 0 amide bonds. The van der Waals surface area contributed by atoms with Crippen molar-refractivity contribution >= 4 is 18.6 Å². The minimum absolute atomic E-state index is 0.183. The molecule has 1 aromatic rings. The van der Waals surface area contributed by atoms with Gasteiger partial charge in [-0.3, -0.25) is 9.36 Å². The van der Waals surface area contributed by atoms with E-state index < -0.39 is 19.0 Å². The van der Waals surface area contributed by atoms with Crippen LogP contribution in [0.5, 0.6) is 0 Å². The average molecular weight is 228 g/mol. The van der Waals surface area contributed by atoms with Crippen LogP contribution in [0, 0.1) is 6.92 Å². The summed E-state index contributed by atoms with van der Waals surface area (Å²) in [6, 6.07) is 6.37. The van der Waals surface area contributed by atoms with E-state index in [2.05, 4.69) is 0 Å². The average Bonchev–Trinajstić information content (AvgIpc) is 2.17. The first-order valence-corrected chi connectivity index (χ1v) is 6.21. The Morgan fingerprint density at radius 1 is 1.33 bits per heavy atom. The molecule has 0 radical (unpaired) electrons. The fraction of sp³-hybridized carbons (Fsp3) is 0.300. The number of hydrogen-bond donors (Lipinski definition) is 2. The molecular weight excluding hydrogens is 215 g/mol. The van der Waals surface area contributed by atoms with Crippen LogP contribution in [-0.4, -0.2) is 21.6 Å². The number of carboxylic acids is 1. The van der Waals surface area contributed by atoms with Crippen molar-refractivity contribution in [3.05, 3.63) is 29.8 Å². The number of carbonyl (C=O) groups is 1. The summed E-state index contributed by atoms with van der Waals surface area (Å²) in [5.41, 5.74) is -0.318. The standard InChI is InChI=1S/C10H13O4P/c1-7-3-5-9(6-4-7)15(13,14)8(2)10(11)12/h3-6,8H,1-2H3,(H,11,12)(H,13,14). The Bertz CT molecular complexity index is 410. The lowest BCUT2D eigenvalue weighted by molar-refractivity contribution is -0.136. The van der Waals surface area contributed by atoms with Crippen molar-refractivity contribution in [2.24, 2.45) is 0 Å². The van der Waals surface area contributed by atoms with Gasteiger partial charge >= 0.3 is 5.97 Å². The van der Waals surface area contributed by atoms with Crippen LogP contribution in [0.4, 0.5) is 0 Å². The molecule has 1 aromatic carbocycles. The van der Waals surface area contributed by atoms with Gasteiger partial charge in [-0.15, -0.1) is 0 Å². The van der Waals surface area contributed by atoms with Gasteiger partial charge < -0.3 is 10.00 Å². The maximum Gasteiger partial charge on any atom is 0.316 e. The van der Waals surface area contributed by atoms with Crippen LogP contribution in [0.15, 0.2) is 24.3 Å². The van der Waals surface area contributed by atoms with Crippen LogP contribution in [-0.2, 0) is 9.36 Å². The molecule has 0 saturated heterocycles. The number of carboxylic acid groups (broad SMARTS) is 1. The Kier molecular flexibility index (Phi) is 3.32. The van der Waals surface area contributed by atoms with Gasteiger partial charge in [0, 0.05) is 5.30 Å². The van der Waals surface area contributed by atoms with Crippen molar-refractivity contribution in [2.75, 3.05) is 0 Å². The molecular formula is C10H13O4P. The third kappa shape index (κ3) is 2.46. The van der Waals surface area contributed by atoms with Crippen LogP contribution in [0.3, 0.4) is 0 Å². The molecule has 0 aromatic heterocycles. The maximum absolute atomic E-state index is 11.8. The van der Waals surface area contributed by atoms with Gasteiger partial charge in [-0.25, -0.2) is 0 Å². The van der Waals surface area contributed by atoms with Gasteiger partial charge in [0.1, 0.15) is 5.66 Å². The first kappa shape index (κ1) is 12.0. The second-order valence-electron chi connectivity index (χ2n) is 3.47. The summed E-state index contributed by atoms with van der Waals surface area (Å²) in [5.74, 6) is -1.26. The van der Waals surface area contributed by atoms with E-state index in [9.17, 15) is 14.3 Å². The molecule has 4 nitrogen and oxygen atoms in total. The lowest BCUT2D eigenvalue weighted by Crippen LogP contribution is -2.22. The van der Waals surface area contributed by atoms with E-state index in [4.69, 9.17) is 5.11 Å². The number of aliphatic carboxylic acids is 1. The van der Waals surface area contributed by atoms with E-state index in [1.165, 1.54) is 19.1 Å². The zero-order valence-corrected chi connectivity index (χ0v) is 9.44. The highest BCUT2D eigenvalue weighted by Gasteiger charge is 2.34. The van der Waals surface area contributed by atoms with Crippen LogP contribution < -0.4 is 5.30 Å². The van der Waals surface area contributed by atoms with Crippen molar-refractivity contribution in [1.29, 1.82) is 0 Å². The topological polar surface area (TPSA) is 74.6 Å². The molecule has 0 aliphatic heterocycles. The molecule has 0 aliphatic rings. The predicted octanol–water partition coefficient (Wildman–Crippen LogP) is 1.36. The normalized spacial score (nSPS) is 16.7. The van der Waals surface area contributed by atoms with Crippen LogP contribution in [0.1, 0.15) is 12.5 Å². The summed E-state index contributed by atoms with van der Waals surface area (Å²) in [4.78, 5) is 20.3. The zero-order chi connectivity index (χ0) is 11.6. The van der Waals surface area contributed by atoms with E-state index >= 15 is 0 Å². The van der Waals surface area contributed by atoms with Crippen LogP contribution in [0.25, 0.3) is 0 Å². The number of hydrogen-bond acceptors (Lipinski definition) is 2. The molecule has 15 heavy (non-hydrogen) atoms. The predicted molar refractivity (Wildman–Crippen MR) is 57.7 cm³/mol. The molecule has 2 atom stereocenters. The minimum atomic E-state index is -3.81. The number of rotatable bonds is 3. The smallest absolute Gasteiger partial charge is 0.316 e. The Morgan fingerprint density at radius 2 is 1.80 bits per heavy atom. The van der Waals surface area contributed by atoms with E-state index in [0.717, 1.165) is 5.56 Å². The molecule has 0 heterocycles. The van der Waals surface area contributed by atoms with Gasteiger partial charge in [-0.05, 0) is 26.0 Å². The third-order valence-electron chi connectivity index (χ3n) is 2.29. The number of benzene rings is 1. The van der Waals surface area contributed by atoms with Gasteiger partial charge in [0.25, 0.3) is 0 Å². The van der Waals surface area contributed by atoms with Crippen molar-refractivity contribution in [1.82, 2.24) is 0 Å². The third-order valence-corrected chi connectivity index (χ3v) is 4.60. The minimum Gasteiger partial charge on any atom is -0.481 e. The van der Waals surface area contributed by atoms with Crippen molar-refractivity contribution < 1.29 is 19.4 Å². The lowest BCUT2D eigenvalue weighted by atomic mass is 10.2. The molecule has 2 N–H and O–H groups in total. The van der Waals surface area contributed by atoms with E-state index in [1.54, 1.807) is 12.1 Å². The Labute approximate surface area is 88.0 Å². The largest absolute Gasteiger partial charge is 0.481 e. The Hall–Kier alpha value is -1.12. The second kappa shape index (κ2) is 4.17. The Balaban J connectivity index is 3.11. The van der Waals surface area contributed by atoms with E-state index in [0.29, 0.717) is 0 Å². The van der Waals surface area contributed by atoms with Crippen molar-refractivity contribution in [2.45, 2.75) is 19.5 Å². The summed E-state index contributed by atoms with van der Waals surface area (Å²) < 4.78 is 11.8. The summed E-state index contributed by atoms with van der Waals surface area (Å²) >= 11 is 0. The highest BCUT2D eigenvalue weighted by molar-refractivity contribution is 7.67. The van der Waals surface area contributed by atoms with Gasteiger partial charge in [0.15, 0.2) is 0 Å². The molecule has 0 saturated carbocycles. The lowest BCUT2D eigenvalue weighted by Gasteiger charge is -2.15. The summed E-state index contributed by atoms with van der Waals surface area (Å²) in [6.45, 7) is 3.09.